The molecule has 0 bridgehead atoms. The van der Waals surface area contributed by atoms with E-state index in [4.69, 9.17) is 18.9 Å². The molecule has 0 aliphatic rings. The highest BCUT2D eigenvalue weighted by atomic mass is 16.5. The molecule has 182 valence electrons. The number of nitrogens with one attached hydrogen (secondary N) is 1. The van der Waals surface area contributed by atoms with Gasteiger partial charge < -0.3 is 24.3 Å². The first-order chi connectivity index (χ1) is 16.9. The molecule has 0 aliphatic heterocycles. The monoisotopic (exact) mass is 477 g/mol. The van der Waals surface area contributed by atoms with E-state index in [0.29, 0.717) is 34.8 Å². The number of ether oxygens (including phenoxy) is 4. The molecule has 0 heterocycles. The second kappa shape index (κ2) is 12.2. The van der Waals surface area contributed by atoms with E-state index in [1.807, 2.05) is 0 Å². The summed E-state index contributed by atoms with van der Waals surface area (Å²) in [6.07, 6.45) is 0.336. The molecule has 0 unspecified atom stereocenters. The van der Waals surface area contributed by atoms with Gasteiger partial charge in [0.1, 0.15) is 17.2 Å². The molecule has 8 heteroatoms. The Hall–Kier alpha value is -4.33. The summed E-state index contributed by atoms with van der Waals surface area (Å²) in [4.78, 5) is 37.1. The van der Waals surface area contributed by atoms with Gasteiger partial charge in [0, 0.05) is 12.1 Å². The lowest BCUT2D eigenvalue weighted by atomic mass is 9.99. The van der Waals surface area contributed by atoms with Crippen molar-refractivity contribution >= 4 is 17.8 Å². The van der Waals surface area contributed by atoms with Gasteiger partial charge in [-0.2, -0.15) is 0 Å². The maximum absolute atomic E-state index is 12.5. The van der Waals surface area contributed by atoms with Crippen LogP contribution in [0, 0.1) is 5.92 Å². The van der Waals surface area contributed by atoms with Crippen molar-refractivity contribution in [3.8, 4) is 17.2 Å². The highest BCUT2D eigenvalue weighted by Gasteiger charge is 2.21. The molecule has 1 atom stereocenters. The van der Waals surface area contributed by atoms with Gasteiger partial charge in [-0.15, -0.1) is 0 Å². The topological polar surface area (TPSA) is 100 Å². The van der Waals surface area contributed by atoms with Gasteiger partial charge >= 0.3 is 11.9 Å². The van der Waals surface area contributed by atoms with E-state index >= 15 is 0 Å². The largest absolute Gasteiger partial charge is 0.497 e. The van der Waals surface area contributed by atoms with Gasteiger partial charge in [-0.25, -0.2) is 4.79 Å². The van der Waals surface area contributed by atoms with Gasteiger partial charge in [-0.3, -0.25) is 9.59 Å². The maximum atomic E-state index is 12.5. The van der Waals surface area contributed by atoms with Crippen LogP contribution < -0.4 is 19.5 Å². The van der Waals surface area contributed by atoms with Crippen molar-refractivity contribution in [2.24, 2.45) is 5.92 Å². The average molecular weight is 478 g/mol. The summed E-state index contributed by atoms with van der Waals surface area (Å²) < 4.78 is 20.5. The Morgan fingerprint density at radius 2 is 1.23 bits per heavy atom. The van der Waals surface area contributed by atoms with Gasteiger partial charge in [-0.1, -0.05) is 12.1 Å². The molecule has 0 spiro atoms. The number of methoxy groups -OCH3 is 3. The minimum atomic E-state index is -0.588. The van der Waals surface area contributed by atoms with Gasteiger partial charge in [0.2, 0.25) is 0 Å². The quantitative estimate of drug-likeness (QED) is 0.351. The summed E-state index contributed by atoms with van der Waals surface area (Å²) in [5, 5.41) is 2.78. The Labute approximate surface area is 203 Å². The van der Waals surface area contributed by atoms with Crippen LogP contribution >= 0.6 is 0 Å². The first kappa shape index (κ1) is 25.3. The summed E-state index contributed by atoms with van der Waals surface area (Å²) in [5.41, 5.74) is 1.68. The van der Waals surface area contributed by atoms with E-state index in [1.165, 1.54) is 7.11 Å². The second-order valence-electron chi connectivity index (χ2n) is 7.62. The van der Waals surface area contributed by atoms with Crippen LogP contribution in [0.25, 0.3) is 0 Å². The van der Waals surface area contributed by atoms with Crippen molar-refractivity contribution in [1.29, 1.82) is 0 Å². The van der Waals surface area contributed by atoms with E-state index < -0.39 is 17.9 Å². The number of rotatable bonds is 10. The van der Waals surface area contributed by atoms with E-state index in [1.54, 1.807) is 87.0 Å². The molecule has 1 amide bonds. The van der Waals surface area contributed by atoms with E-state index in [9.17, 15) is 14.4 Å². The van der Waals surface area contributed by atoms with Crippen LogP contribution in [0.1, 0.15) is 26.3 Å². The van der Waals surface area contributed by atoms with Crippen LogP contribution in [-0.2, 0) is 16.0 Å². The third-order valence-corrected chi connectivity index (χ3v) is 5.34. The first-order valence-corrected chi connectivity index (χ1v) is 10.9. The Morgan fingerprint density at radius 1 is 0.714 bits per heavy atom. The van der Waals surface area contributed by atoms with Crippen LogP contribution in [0.2, 0.25) is 0 Å². The van der Waals surface area contributed by atoms with Crippen LogP contribution in [0.5, 0.6) is 17.2 Å². The highest BCUT2D eigenvalue weighted by molar-refractivity contribution is 5.94. The molecule has 35 heavy (non-hydrogen) atoms. The van der Waals surface area contributed by atoms with Crippen molar-refractivity contribution in [3.63, 3.8) is 0 Å². The SMILES string of the molecule is COC(=O)[C@H](CNC(=O)c1ccc(OC)cc1)Cc1ccc(OC(=O)c2ccc(OC)cc2)cc1. The molecule has 3 rings (SSSR count). The summed E-state index contributed by atoms with van der Waals surface area (Å²) in [6.45, 7) is 0.103. The molecule has 0 saturated heterocycles. The van der Waals surface area contributed by atoms with Gasteiger partial charge in [0.05, 0.1) is 32.8 Å². The van der Waals surface area contributed by atoms with Crippen molar-refractivity contribution in [2.75, 3.05) is 27.9 Å². The zero-order chi connectivity index (χ0) is 25.2. The molecule has 3 aromatic carbocycles. The van der Waals surface area contributed by atoms with Crippen molar-refractivity contribution in [2.45, 2.75) is 6.42 Å². The van der Waals surface area contributed by atoms with Gasteiger partial charge in [-0.05, 0) is 72.6 Å². The minimum absolute atomic E-state index is 0.103. The summed E-state index contributed by atoms with van der Waals surface area (Å²) in [7, 11) is 4.41. The molecule has 0 radical (unpaired) electrons. The summed E-state index contributed by atoms with van der Waals surface area (Å²) in [6, 6.07) is 20.1. The third kappa shape index (κ3) is 7.07. The second-order valence-corrected chi connectivity index (χ2v) is 7.62. The molecular weight excluding hydrogens is 450 g/mol. The Bertz CT molecular complexity index is 1140. The lowest BCUT2D eigenvalue weighted by Gasteiger charge is -2.16. The molecule has 0 fully saturated rings. The third-order valence-electron chi connectivity index (χ3n) is 5.34. The molecule has 0 saturated carbocycles. The molecule has 0 aromatic heterocycles. The predicted octanol–water partition coefficient (Wildman–Crippen LogP) is 3.68. The number of benzene rings is 3. The smallest absolute Gasteiger partial charge is 0.343 e. The van der Waals surface area contributed by atoms with Crippen LogP contribution in [0.3, 0.4) is 0 Å². The number of carbonyl (C=O) groups excluding carboxylic acids is 3. The molecular formula is C27H27NO7. The van der Waals surface area contributed by atoms with Crippen LogP contribution in [-0.4, -0.2) is 45.7 Å². The lowest BCUT2D eigenvalue weighted by Crippen LogP contribution is -2.34. The van der Waals surface area contributed by atoms with E-state index in [-0.39, 0.29) is 12.5 Å². The van der Waals surface area contributed by atoms with Crippen LogP contribution in [0.15, 0.2) is 72.8 Å². The fourth-order valence-corrected chi connectivity index (χ4v) is 3.34. The lowest BCUT2D eigenvalue weighted by molar-refractivity contribution is -0.145. The van der Waals surface area contributed by atoms with Crippen molar-refractivity contribution < 1.29 is 33.3 Å². The van der Waals surface area contributed by atoms with E-state index in [2.05, 4.69) is 5.32 Å². The zero-order valence-corrected chi connectivity index (χ0v) is 19.8. The maximum Gasteiger partial charge on any atom is 0.343 e. The van der Waals surface area contributed by atoms with Crippen LogP contribution in [0.4, 0.5) is 0 Å². The van der Waals surface area contributed by atoms with Crippen molar-refractivity contribution in [1.82, 2.24) is 5.32 Å². The zero-order valence-electron chi connectivity index (χ0n) is 19.8. The first-order valence-electron chi connectivity index (χ1n) is 10.9. The Balaban J connectivity index is 1.59. The van der Waals surface area contributed by atoms with Gasteiger partial charge in [0.25, 0.3) is 5.91 Å². The molecule has 0 aliphatic carbocycles. The average Bonchev–Trinajstić information content (AvgIpc) is 2.91. The fraction of sp³-hybridized carbons (Fsp3) is 0.222. The number of carbonyl (C=O) groups is 3. The highest BCUT2D eigenvalue weighted by Crippen LogP contribution is 2.19. The number of hydrogen-bond donors (Lipinski definition) is 1. The molecule has 3 aromatic rings. The normalized spacial score (nSPS) is 11.2. The minimum Gasteiger partial charge on any atom is -0.497 e. The number of hydrogen-bond acceptors (Lipinski definition) is 7. The summed E-state index contributed by atoms with van der Waals surface area (Å²) >= 11 is 0. The fourth-order valence-electron chi connectivity index (χ4n) is 3.34. The number of esters is 2. The molecule has 8 nitrogen and oxygen atoms in total. The number of amides is 1. The Kier molecular flexibility index (Phi) is 8.83. The van der Waals surface area contributed by atoms with Gasteiger partial charge in [0.15, 0.2) is 0 Å². The Morgan fingerprint density at radius 3 is 1.74 bits per heavy atom. The van der Waals surface area contributed by atoms with Crippen molar-refractivity contribution in [3.05, 3.63) is 89.5 Å². The molecule has 1 N–H and O–H groups in total. The summed E-state index contributed by atoms with van der Waals surface area (Å²) in [5.74, 6) is -0.156. The van der Waals surface area contributed by atoms with E-state index in [0.717, 1.165) is 5.56 Å². The standard InChI is InChI=1S/C27H27NO7/c1-32-22-12-6-19(7-13-22)25(29)28-17-21(26(30)34-3)16-18-4-10-24(11-5-18)35-27(31)20-8-14-23(33-2)15-9-20/h4-15,21H,16-17H2,1-3H3,(H,28,29)/t21-/m0/s1. The predicted molar refractivity (Wildman–Crippen MR) is 129 cm³/mol.